The molecular formula is C22H32O2. The lowest BCUT2D eigenvalue weighted by Crippen LogP contribution is -2.08. The van der Waals surface area contributed by atoms with Crippen molar-refractivity contribution in [2.24, 2.45) is 11.8 Å². The fourth-order valence-corrected chi connectivity index (χ4v) is 3.20. The fraction of sp³-hybridized carbons (Fsp3) is 0.591. The lowest BCUT2D eigenvalue weighted by Gasteiger charge is -2.21. The molecule has 2 rings (SSSR count). The molecule has 0 N–H and O–H groups in total. The molecule has 1 unspecified atom stereocenters. The van der Waals surface area contributed by atoms with Gasteiger partial charge in [-0.15, -0.1) is 0 Å². The van der Waals surface area contributed by atoms with Crippen LogP contribution in [0.2, 0.25) is 0 Å². The zero-order valence-corrected chi connectivity index (χ0v) is 15.3. The van der Waals surface area contributed by atoms with E-state index in [1.54, 1.807) is 0 Å². The van der Waals surface area contributed by atoms with Gasteiger partial charge < -0.3 is 4.74 Å². The summed E-state index contributed by atoms with van der Waals surface area (Å²) in [7, 11) is 0. The molecule has 0 aliphatic heterocycles. The van der Waals surface area contributed by atoms with Gasteiger partial charge in [0.15, 0.2) is 0 Å². The Balaban J connectivity index is 1.74. The van der Waals surface area contributed by atoms with Gasteiger partial charge in [0.1, 0.15) is 0 Å². The number of hydrogen-bond acceptors (Lipinski definition) is 2. The van der Waals surface area contributed by atoms with Crippen molar-refractivity contribution in [2.45, 2.75) is 65.2 Å². The predicted molar refractivity (Wildman–Crippen MR) is 101 cm³/mol. The molecule has 1 aliphatic rings. The quantitative estimate of drug-likeness (QED) is 0.445. The maximum atomic E-state index is 11.7. The van der Waals surface area contributed by atoms with Crippen LogP contribution in [0.3, 0.4) is 0 Å². The molecular weight excluding hydrogens is 296 g/mol. The highest BCUT2D eigenvalue weighted by atomic mass is 16.5. The first-order valence-corrected chi connectivity index (χ1v) is 9.61. The third-order valence-electron chi connectivity index (χ3n) is 5.16. The van der Waals surface area contributed by atoms with Gasteiger partial charge in [-0.1, -0.05) is 76.6 Å². The number of esters is 1. The minimum absolute atomic E-state index is 0.253. The number of rotatable bonds is 8. The van der Waals surface area contributed by atoms with Crippen molar-refractivity contribution in [3.63, 3.8) is 0 Å². The molecule has 0 aromatic heterocycles. The summed E-state index contributed by atoms with van der Waals surface area (Å²) in [5, 5.41) is 0. The Morgan fingerprint density at radius 2 is 1.92 bits per heavy atom. The SMILES string of the molecule is CCC(C)COC(=O)/C=C/c1ccc(CCC2CCCCC2)cc1. The van der Waals surface area contributed by atoms with Gasteiger partial charge in [-0.3, -0.25) is 0 Å². The second-order valence-corrected chi connectivity index (χ2v) is 7.26. The topological polar surface area (TPSA) is 26.3 Å². The van der Waals surface area contributed by atoms with Crippen LogP contribution >= 0.6 is 0 Å². The van der Waals surface area contributed by atoms with E-state index in [2.05, 4.69) is 38.1 Å². The number of benzene rings is 1. The van der Waals surface area contributed by atoms with Crippen molar-refractivity contribution in [2.75, 3.05) is 6.61 Å². The van der Waals surface area contributed by atoms with Gasteiger partial charge in [-0.25, -0.2) is 4.79 Å². The third kappa shape index (κ3) is 6.90. The minimum Gasteiger partial charge on any atom is -0.462 e. The van der Waals surface area contributed by atoms with Gasteiger partial charge in [0.25, 0.3) is 0 Å². The molecule has 1 aromatic rings. The molecule has 1 aliphatic carbocycles. The molecule has 24 heavy (non-hydrogen) atoms. The largest absolute Gasteiger partial charge is 0.462 e. The number of carbonyl (C=O) groups excluding carboxylic acids is 1. The smallest absolute Gasteiger partial charge is 0.330 e. The first-order valence-electron chi connectivity index (χ1n) is 9.61. The lowest BCUT2D eigenvalue weighted by molar-refractivity contribution is -0.138. The molecule has 1 fully saturated rings. The molecule has 0 saturated heterocycles. The average Bonchev–Trinajstić information content (AvgIpc) is 2.64. The molecule has 0 spiro atoms. The van der Waals surface area contributed by atoms with E-state index in [9.17, 15) is 4.79 Å². The third-order valence-corrected chi connectivity index (χ3v) is 5.16. The summed E-state index contributed by atoms with van der Waals surface area (Å²) in [5.74, 6) is 1.10. The molecule has 2 nitrogen and oxygen atoms in total. The van der Waals surface area contributed by atoms with Gasteiger partial charge in [0.2, 0.25) is 0 Å². The molecule has 0 bridgehead atoms. The Morgan fingerprint density at radius 3 is 2.58 bits per heavy atom. The van der Waals surface area contributed by atoms with Crippen LogP contribution in [0.5, 0.6) is 0 Å². The molecule has 1 aromatic carbocycles. The first-order chi connectivity index (χ1) is 11.7. The second-order valence-electron chi connectivity index (χ2n) is 7.26. The van der Waals surface area contributed by atoms with E-state index in [0.29, 0.717) is 12.5 Å². The van der Waals surface area contributed by atoms with Crippen LogP contribution in [0.15, 0.2) is 30.3 Å². The summed E-state index contributed by atoms with van der Waals surface area (Å²) < 4.78 is 5.22. The maximum Gasteiger partial charge on any atom is 0.330 e. The Morgan fingerprint density at radius 1 is 1.21 bits per heavy atom. The summed E-state index contributed by atoms with van der Waals surface area (Å²) in [6.07, 6.45) is 14.0. The Labute approximate surface area is 147 Å². The first kappa shape index (κ1) is 18.8. The number of hydrogen-bond donors (Lipinski definition) is 0. The number of aryl methyl sites for hydroxylation is 1. The van der Waals surface area contributed by atoms with Crippen LogP contribution in [0, 0.1) is 11.8 Å². The zero-order chi connectivity index (χ0) is 17.2. The normalized spacial score (nSPS) is 17.1. The van der Waals surface area contributed by atoms with Crippen LogP contribution in [-0.4, -0.2) is 12.6 Å². The highest BCUT2D eigenvalue weighted by Crippen LogP contribution is 2.27. The Hall–Kier alpha value is -1.57. The van der Waals surface area contributed by atoms with Gasteiger partial charge in [0, 0.05) is 6.08 Å². The Kier molecular flexibility index (Phi) is 8.07. The average molecular weight is 328 g/mol. The number of ether oxygens (including phenoxy) is 1. The van der Waals surface area contributed by atoms with Crippen molar-refractivity contribution >= 4 is 12.0 Å². The highest BCUT2D eigenvalue weighted by molar-refractivity contribution is 5.87. The van der Waals surface area contributed by atoms with E-state index in [1.165, 1.54) is 56.6 Å². The summed E-state index contributed by atoms with van der Waals surface area (Å²) in [6, 6.07) is 8.56. The van der Waals surface area contributed by atoms with E-state index < -0.39 is 0 Å². The van der Waals surface area contributed by atoms with Crippen molar-refractivity contribution in [3.05, 3.63) is 41.5 Å². The molecule has 0 amide bonds. The van der Waals surface area contributed by atoms with Gasteiger partial charge in [0.05, 0.1) is 6.61 Å². The lowest BCUT2D eigenvalue weighted by atomic mass is 9.85. The van der Waals surface area contributed by atoms with Crippen LogP contribution in [0.4, 0.5) is 0 Å². The van der Waals surface area contributed by atoms with E-state index in [0.717, 1.165) is 17.9 Å². The van der Waals surface area contributed by atoms with Crippen LogP contribution in [0.25, 0.3) is 6.08 Å². The standard InChI is InChI=1S/C22H32O2/c1-3-18(2)17-24-22(23)16-15-21-13-11-20(12-14-21)10-9-19-7-5-4-6-8-19/h11-16,18-19H,3-10,17H2,1-2H3/b16-15+. The molecule has 132 valence electrons. The van der Waals surface area contributed by atoms with E-state index in [4.69, 9.17) is 4.74 Å². The Bertz CT molecular complexity index is 509. The van der Waals surface area contributed by atoms with Gasteiger partial charge in [-0.05, 0) is 41.9 Å². The van der Waals surface area contributed by atoms with E-state index in [-0.39, 0.29) is 5.97 Å². The summed E-state index contributed by atoms with van der Waals surface area (Å²) in [6.45, 7) is 4.69. The fourth-order valence-electron chi connectivity index (χ4n) is 3.20. The second kappa shape index (κ2) is 10.3. The monoisotopic (exact) mass is 328 g/mol. The van der Waals surface area contributed by atoms with Gasteiger partial charge >= 0.3 is 5.97 Å². The summed E-state index contributed by atoms with van der Waals surface area (Å²) in [5.41, 5.74) is 2.45. The van der Waals surface area contributed by atoms with Crippen LogP contribution in [-0.2, 0) is 16.0 Å². The van der Waals surface area contributed by atoms with Crippen molar-refractivity contribution in [1.82, 2.24) is 0 Å². The molecule has 1 atom stereocenters. The minimum atomic E-state index is -0.253. The summed E-state index contributed by atoms with van der Waals surface area (Å²) >= 11 is 0. The van der Waals surface area contributed by atoms with Crippen LogP contribution in [0.1, 0.15) is 69.9 Å². The van der Waals surface area contributed by atoms with Crippen molar-refractivity contribution in [1.29, 1.82) is 0 Å². The maximum absolute atomic E-state index is 11.7. The van der Waals surface area contributed by atoms with E-state index in [1.807, 2.05) is 6.08 Å². The van der Waals surface area contributed by atoms with Crippen LogP contribution < -0.4 is 0 Å². The van der Waals surface area contributed by atoms with E-state index >= 15 is 0 Å². The molecule has 1 saturated carbocycles. The zero-order valence-electron chi connectivity index (χ0n) is 15.3. The molecule has 0 radical (unpaired) electrons. The van der Waals surface area contributed by atoms with Crippen molar-refractivity contribution in [3.8, 4) is 0 Å². The van der Waals surface area contributed by atoms with Crippen molar-refractivity contribution < 1.29 is 9.53 Å². The molecule has 2 heteroatoms. The summed E-state index contributed by atoms with van der Waals surface area (Å²) in [4.78, 5) is 11.7. The highest BCUT2D eigenvalue weighted by Gasteiger charge is 2.12. The predicted octanol–water partition coefficient (Wildman–Crippen LogP) is 5.80. The van der Waals surface area contributed by atoms with Gasteiger partial charge in [-0.2, -0.15) is 0 Å². The molecule has 0 heterocycles. The number of carbonyl (C=O) groups is 1.